The molecule has 6 nitrogen and oxygen atoms in total. The van der Waals surface area contributed by atoms with Gasteiger partial charge in [0.1, 0.15) is 5.82 Å². The van der Waals surface area contributed by atoms with Gasteiger partial charge in [-0.3, -0.25) is 4.79 Å². The summed E-state index contributed by atoms with van der Waals surface area (Å²) in [6.45, 7) is 0.616. The van der Waals surface area contributed by atoms with Gasteiger partial charge in [-0.2, -0.15) is 0 Å². The van der Waals surface area contributed by atoms with E-state index in [0.29, 0.717) is 17.9 Å². The van der Waals surface area contributed by atoms with Gasteiger partial charge in [-0.1, -0.05) is 66.7 Å². The molecule has 0 spiro atoms. The van der Waals surface area contributed by atoms with Crippen LogP contribution < -0.4 is 0 Å². The second-order valence-electron chi connectivity index (χ2n) is 7.26. The van der Waals surface area contributed by atoms with Crippen LogP contribution in [0.3, 0.4) is 0 Å². The van der Waals surface area contributed by atoms with Crippen LogP contribution in [0.2, 0.25) is 0 Å². The largest absolute Gasteiger partial charge is 0.465 e. The summed E-state index contributed by atoms with van der Waals surface area (Å²) in [5.74, 6) is -0.159. The molecule has 6 heteroatoms. The van der Waals surface area contributed by atoms with Gasteiger partial charge in [-0.15, -0.1) is 0 Å². The molecule has 0 fully saturated rings. The number of imidazole rings is 1. The van der Waals surface area contributed by atoms with Crippen LogP contribution >= 0.6 is 0 Å². The third-order valence-corrected chi connectivity index (χ3v) is 5.21. The molecule has 3 aromatic carbocycles. The number of aromatic amines is 1. The Kier molecular flexibility index (Phi) is 6.41. The number of carbonyl (C=O) groups is 2. The molecule has 1 amide bonds. The molecule has 1 heterocycles. The summed E-state index contributed by atoms with van der Waals surface area (Å²) in [5.41, 5.74) is 3.65. The van der Waals surface area contributed by atoms with Crippen LogP contribution in [0, 0.1) is 0 Å². The second-order valence-corrected chi connectivity index (χ2v) is 7.26. The molecule has 1 aromatic heterocycles. The van der Waals surface area contributed by atoms with Crippen molar-refractivity contribution in [1.82, 2.24) is 14.9 Å². The molecule has 0 radical (unpaired) electrons. The lowest BCUT2D eigenvalue weighted by Crippen LogP contribution is -2.32. The van der Waals surface area contributed by atoms with Crippen LogP contribution in [0.5, 0.6) is 0 Å². The van der Waals surface area contributed by atoms with Crippen molar-refractivity contribution >= 4 is 11.9 Å². The summed E-state index contributed by atoms with van der Waals surface area (Å²) < 4.78 is 4.88. The minimum absolute atomic E-state index is 0.237. The van der Waals surface area contributed by atoms with Crippen molar-refractivity contribution in [2.75, 3.05) is 7.11 Å². The zero-order chi connectivity index (χ0) is 22.3. The molecule has 0 aliphatic heterocycles. The van der Waals surface area contributed by atoms with Crippen LogP contribution in [-0.4, -0.2) is 33.9 Å². The topological polar surface area (TPSA) is 75.3 Å². The van der Waals surface area contributed by atoms with E-state index in [1.165, 1.54) is 7.11 Å². The number of hydrogen-bond acceptors (Lipinski definition) is 4. The number of aromatic nitrogens is 2. The number of methoxy groups -OCH3 is 1. The van der Waals surface area contributed by atoms with Crippen molar-refractivity contribution in [2.24, 2.45) is 0 Å². The van der Waals surface area contributed by atoms with E-state index in [1.807, 2.05) is 54.6 Å². The monoisotopic (exact) mass is 425 g/mol. The van der Waals surface area contributed by atoms with E-state index in [-0.39, 0.29) is 18.0 Å². The van der Waals surface area contributed by atoms with Crippen molar-refractivity contribution in [3.63, 3.8) is 0 Å². The average Bonchev–Trinajstić information content (AvgIpc) is 3.37. The lowest BCUT2D eigenvalue weighted by Gasteiger charge is -2.24. The molecule has 0 saturated heterocycles. The predicted octanol–water partition coefficient (Wildman–Crippen LogP) is 4.71. The van der Waals surface area contributed by atoms with E-state index in [1.54, 1.807) is 41.6 Å². The molecule has 0 unspecified atom stereocenters. The van der Waals surface area contributed by atoms with Crippen molar-refractivity contribution in [3.8, 4) is 11.1 Å². The van der Waals surface area contributed by atoms with Gasteiger partial charge in [0.25, 0.3) is 5.91 Å². The van der Waals surface area contributed by atoms with Gasteiger partial charge in [0.15, 0.2) is 0 Å². The van der Waals surface area contributed by atoms with Crippen LogP contribution in [0.25, 0.3) is 11.1 Å². The average molecular weight is 425 g/mol. The van der Waals surface area contributed by atoms with Crippen molar-refractivity contribution in [2.45, 2.75) is 13.1 Å². The summed E-state index contributed by atoms with van der Waals surface area (Å²) >= 11 is 0. The molecular formula is C26H23N3O3. The standard InChI is InChI=1S/C26H23N3O3/c1-32-26(31)23-14-8-7-13-22(23)25(30)29(18-24-27-15-16-28-24)17-20-11-5-6-12-21(20)19-9-3-2-4-10-19/h2-16H,17-18H2,1H3,(H,27,28). The molecule has 160 valence electrons. The maximum Gasteiger partial charge on any atom is 0.338 e. The quantitative estimate of drug-likeness (QED) is 0.435. The van der Waals surface area contributed by atoms with E-state index >= 15 is 0 Å². The van der Waals surface area contributed by atoms with Crippen molar-refractivity contribution in [3.05, 3.63) is 114 Å². The summed E-state index contributed by atoms with van der Waals surface area (Å²) in [5, 5.41) is 0. The molecule has 1 N–H and O–H groups in total. The van der Waals surface area contributed by atoms with Gasteiger partial charge >= 0.3 is 5.97 Å². The number of nitrogens with zero attached hydrogens (tertiary/aromatic N) is 2. The highest BCUT2D eigenvalue weighted by Crippen LogP contribution is 2.26. The third-order valence-electron chi connectivity index (χ3n) is 5.21. The fraction of sp³-hybridized carbons (Fsp3) is 0.115. The highest BCUT2D eigenvalue weighted by molar-refractivity contribution is 6.05. The second kappa shape index (κ2) is 9.75. The number of esters is 1. The third kappa shape index (κ3) is 4.59. The van der Waals surface area contributed by atoms with Gasteiger partial charge < -0.3 is 14.6 Å². The Morgan fingerprint density at radius 2 is 1.56 bits per heavy atom. The lowest BCUT2D eigenvalue weighted by molar-refractivity contribution is 0.0588. The Morgan fingerprint density at radius 3 is 2.28 bits per heavy atom. The minimum Gasteiger partial charge on any atom is -0.465 e. The van der Waals surface area contributed by atoms with Crippen LogP contribution in [0.15, 0.2) is 91.3 Å². The summed E-state index contributed by atoms with van der Waals surface area (Å²) in [6, 6.07) is 24.7. The Labute approximate surface area is 186 Å². The number of ether oxygens (including phenoxy) is 1. The Bertz CT molecular complexity index is 1200. The van der Waals surface area contributed by atoms with E-state index in [4.69, 9.17) is 4.74 Å². The van der Waals surface area contributed by atoms with Crippen LogP contribution in [0.1, 0.15) is 32.1 Å². The lowest BCUT2D eigenvalue weighted by atomic mass is 9.99. The first kappa shape index (κ1) is 21.1. The van der Waals surface area contributed by atoms with E-state index < -0.39 is 5.97 Å². The number of benzene rings is 3. The number of hydrogen-bond donors (Lipinski definition) is 1. The molecule has 4 aromatic rings. The molecule has 0 aliphatic rings. The van der Waals surface area contributed by atoms with Gasteiger partial charge in [0.05, 0.1) is 24.8 Å². The highest BCUT2D eigenvalue weighted by atomic mass is 16.5. The highest BCUT2D eigenvalue weighted by Gasteiger charge is 2.24. The molecule has 0 bridgehead atoms. The molecule has 32 heavy (non-hydrogen) atoms. The van der Waals surface area contributed by atoms with Gasteiger partial charge in [0.2, 0.25) is 0 Å². The number of amides is 1. The number of nitrogens with one attached hydrogen (secondary N) is 1. The normalized spacial score (nSPS) is 10.5. The fourth-order valence-electron chi connectivity index (χ4n) is 3.66. The van der Waals surface area contributed by atoms with Gasteiger partial charge in [-0.05, 0) is 28.8 Å². The fourth-order valence-corrected chi connectivity index (χ4v) is 3.66. The number of rotatable bonds is 7. The van der Waals surface area contributed by atoms with E-state index in [2.05, 4.69) is 9.97 Å². The van der Waals surface area contributed by atoms with Crippen LogP contribution in [-0.2, 0) is 17.8 Å². The molecule has 0 aliphatic carbocycles. The summed E-state index contributed by atoms with van der Waals surface area (Å²) in [6.07, 6.45) is 3.37. The zero-order valence-corrected chi connectivity index (χ0v) is 17.7. The smallest absolute Gasteiger partial charge is 0.338 e. The molecular weight excluding hydrogens is 402 g/mol. The molecule has 0 saturated carbocycles. The van der Waals surface area contributed by atoms with Crippen molar-refractivity contribution < 1.29 is 14.3 Å². The van der Waals surface area contributed by atoms with Crippen molar-refractivity contribution in [1.29, 1.82) is 0 Å². The Hall–Kier alpha value is -4.19. The van der Waals surface area contributed by atoms with Gasteiger partial charge in [0, 0.05) is 18.9 Å². The first-order chi connectivity index (χ1) is 15.7. The summed E-state index contributed by atoms with van der Waals surface area (Å²) in [4.78, 5) is 34.9. The SMILES string of the molecule is COC(=O)c1ccccc1C(=O)N(Cc1ncc[nH]1)Cc1ccccc1-c1ccccc1. The molecule has 4 rings (SSSR count). The van der Waals surface area contributed by atoms with Crippen LogP contribution in [0.4, 0.5) is 0 Å². The number of carbonyl (C=O) groups excluding carboxylic acids is 2. The van der Waals surface area contributed by atoms with E-state index in [0.717, 1.165) is 16.7 Å². The van der Waals surface area contributed by atoms with Gasteiger partial charge in [-0.25, -0.2) is 9.78 Å². The number of H-pyrrole nitrogens is 1. The Morgan fingerprint density at radius 1 is 0.875 bits per heavy atom. The minimum atomic E-state index is -0.545. The predicted molar refractivity (Wildman–Crippen MR) is 122 cm³/mol. The first-order valence-electron chi connectivity index (χ1n) is 10.3. The maximum absolute atomic E-state index is 13.6. The first-order valence-corrected chi connectivity index (χ1v) is 10.3. The Balaban J connectivity index is 1.72. The van der Waals surface area contributed by atoms with E-state index in [9.17, 15) is 9.59 Å². The summed E-state index contributed by atoms with van der Waals surface area (Å²) in [7, 11) is 1.31. The maximum atomic E-state index is 13.6. The molecule has 0 atom stereocenters. The zero-order valence-electron chi connectivity index (χ0n) is 17.7.